The van der Waals surface area contributed by atoms with E-state index < -0.39 is 52.5 Å². The zero-order chi connectivity index (χ0) is 22.9. The number of quaternary nitrogens is 1. The third kappa shape index (κ3) is 6.90. The van der Waals surface area contributed by atoms with Crippen molar-refractivity contribution in [1.82, 2.24) is 9.55 Å². The number of phosphoric ester groups is 2. The molecular weight excluding hydrogens is 450 g/mol. The summed E-state index contributed by atoms with van der Waals surface area (Å²) < 4.78 is 42.9. The van der Waals surface area contributed by atoms with Crippen LogP contribution in [0.5, 0.6) is 0 Å². The lowest BCUT2D eigenvalue weighted by Crippen LogP contribution is -2.37. The number of aromatic nitrogens is 2. The number of rotatable bonds is 9. The standard InChI is InChI=1S/C13H24N4O11P2/c1-17(2,3)7-26-30(23,24)28-29(21,22)25-6-8-10(18)11(19)12(27-8)16-5-4-9(14)15-13(16)20/h4-5,8,10-12,18-19H,6-7H2,1-3H3,(H3-,14,15,20,21,22,23,24)/t8-,10-,11-,12+/m0/s1. The number of phosphoric acid groups is 2. The molecule has 1 fully saturated rings. The molecule has 0 spiro atoms. The summed E-state index contributed by atoms with van der Waals surface area (Å²) in [6.07, 6.45) is -4.90. The molecule has 0 bridgehead atoms. The van der Waals surface area contributed by atoms with Crippen LogP contribution >= 0.6 is 15.6 Å². The van der Waals surface area contributed by atoms with Gasteiger partial charge in [-0.05, 0) is 6.07 Å². The highest BCUT2D eigenvalue weighted by molar-refractivity contribution is 7.60. The summed E-state index contributed by atoms with van der Waals surface area (Å²) in [5, 5.41) is 20.2. The number of anilines is 1. The number of nitrogens with zero attached hydrogens (tertiary/aromatic N) is 3. The Labute approximate surface area is 171 Å². The van der Waals surface area contributed by atoms with Crippen LogP contribution in [0.15, 0.2) is 17.1 Å². The molecule has 0 aromatic carbocycles. The minimum atomic E-state index is -5.19. The van der Waals surface area contributed by atoms with Crippen LogP contribution in [-0.4, -0.2) is 81.9 Å². The van der Waals surface area contributed by atoms with Gasteiger partial charge in [-0.2, -0.15) is 4.98 Å². The van der Waals surface area contributed by atoms with Crippen LogP contribution < -0.4 is 16.3 Å². The average Bonchev–Trinajstić information content (AvgIpc) is 2.85. The van der Waals surface area contributed by atoms with Gasteiger partial charge < -0.3 is 35.0 Å². The second kappa shape index (κ2) is 9.10. The van der Waals surface area contributed by atoms with Crippen molar-refractivity contribution in [2.75, 3.05) is 40.2 Å². The van der Waals surface area contributed by atoms with E-state index in [-0.39, 0.29) is 17.0 Å². The minimum absolute atomic E-state index is 0.0624. The summed E-state index contributed by atoms with van der Waals surface area (Å²) in [4.78, 5) is 36.6. The Morgan fingerprint density at radius 2 is 1.93 bits per heavy atom. The van der Waals surface area contributed by atoms with Crippen LogP contribution in [0.25, 0.3) is 0 Å². The van der Waals surface area contributed by atoms with Gasteiger partial charge in [-0.3, -0.25) is 18.2 Å². The predicted molar refractivity (Wildman–Crippen MR) is 97.3 cm³/mol. The number of hydrogen-bond acceptors (Lipinski definition) is 12. The molecule has 2 heterocycles. The fourth-order valence-electron chi connectivity index (χ4n) is 2.30. The van der Waals surface area contributed by atoms with Crippen molar-refractivity contribution in [1.29, 1.82) is 0 Å². The van der Waals surface area contributed by atoms with Crippen LogP contribution in [0.3, 0.4) is 0 Å². The van der Waals surface area contributed by atoms with Crippen molar-refractivity contribution in [3.8, 4) is 0 Å². The summed E-state index contributed by atoms with van der Waals surface area (Å²) in [7, 11) is -5.55. The highest BCUT2D eigenvalue weighted by atomic mass is 31.3. The molecule has 1 aliphatic rings. The first-order valence-corrected chi connectivity index (χ1v) is 11.4. The first-order chi connectivity index (χ1) is 13.6. The van der Waals surface area contributed by atoms with E-state index in [0.717, 1.165) is 4.57 Å². The highest BCUT2D eigenvalue weighted by Gasteiger charge is 2.45. The molecule has 1 aliphatic heterocycles. The van der Waals surface area contributed by atoms with Gasteiger partial charge in [0.25, 0.3) is 7.82 Å². The summed E-state index contributed by atoms with van der Waals surface area (Å²) in [6.45, 7) is -1.22. The van der Waals surface area contributed by atoms with Gasteiger partial charge in [-0.15, -0.1) is 0 Å². The Balaban J connectivity index is 2.00. The molecule has 1 saturated heterocycles. The summed E-state index contributed by atoms with van der Waals surface area (Å²) >= 11 is 0. The monoisotopic (exact) mass is 474 g/mol. The van der Waals surface area contributed by atoms with Gasteiger partial charge in [0.2, 0.25) is 0 Å². The van der Waals surface area contributed by atoms with Gasteiger partial charge in [0.15, 0.2) is 13.0 Å². The maximum absolute atomic E-state index is 11.9. The van der Waals surface area contributed by atoms with Crippen molar-refractivity contribution < 1.29 is 51.7 Å². The zero-order valence-corrected chi connectivity index (χ0v) is 18.1. The Morgan fingerprint density at radius 3 is 2.50 bits per heavy atom. The lowest BCUT2D eigenvalue weighted by Gasteiger charge is -2.29. The number of hydrogen-bond donors (Lipinski definition) is 4. The van der Waals surface area contributed by atoms with Crippen LogP contribution in [0, 0.1) is 0 Å². The largest absolute Gasteiger partial charge is 0.756 e. The van der Waals surface area contributed by atoms with Gasteiger partial charge in [-0.25, -0.2) is 13.7 Å². The molecule has 17 heteroatoms. The molecule has 0 aliphatic carbocycles. The highest BCUT2D eigenvalue weighted by Crippen LogP contribution is 2.58. The molecule has 0 radical (unpaired) electrons. The number of nitrogen functional groups attached to an aromatic ring is 1. The Kier molecular flexibility index (Phi) is 7.60. The molecule has 0 saturated carbocycles. The van der Waals surface area contributed by atoms with Crippen molar-refractivity contribution in [2.24, 2.45) is 0 Å². The molecule has 172 valence electrons. The van der Waals surface area contributed by atoms with Gasteiger partial charge in [0.05, 0.1) is 27.7 Å². The maximum Gasteiger partial charge on any atom is 0.478 e. The lowest BCUT2D eigenvalue weighted by molar-refractivity contribution is -0.887. The average molecular weight is 474 g/mol. The molecule has 1 aromatic heterocycles. The van der Waals surface area contributed by atoms with E-state index in [1.54, 1.807) is 21.1 Å². The number of aliphatic hydroxyl groups is 2. The van der Waals surface area contributed by atoms with Crippen LogP contribution in [0.4, 0.5) is 5.82 Å². The van der Waals surface area contributed by atoms with E-state index in [4.69, 9.17) is 10.5 Å². The quantitative estimate of drug-likeness (QED) is 0.169. The smallest absolute Gasteiger partial charge is 0.478 e. The van der Waals surface area contributed by atoms with Crippen LogP contribution in [0.2, 0.25) is 0 Å². The number of nitrogens with two attached hydrogens (primary N) is 1. The first-order valence-electron chi connectivity index (χ1n) is 8.41. The van der Waals surface area contributed by atoms with E-state index in [9.17, 15) is 33.9 Å². The van der Waals surface area contributed by atoms with E-state index in [1.165, 1.54) is 12.3 Å². The number of ether oxygens (including phenoxy) is 1. The molecular formula is C13H24N4O11P2. The van der Waals surface area contributed by atoms with Gasteiger partial charge >= 0.3 is 13.5 Å². The topological polar surface area (TPSA) is 216 Å². The van der Waals surface area contributed by atoms with E-state index >= 15 is 0 Å². The second-order valence-electron chi connectivity index (χ2n) is 7.43. The van der Waals surface area contributed by atoms with Gasteiger partial charge in [0.1, 0.15) is 24.1 Å². The maximum atomic E-state index is 11.9. The number of aliphatic hydroxyl groups excluding tert-OH is 2. The first kappa shape index (κ1) is 25.0. The summed E-state index contributed by atoms with van der Waals surface area (Å²) in [5.74, 6) is -0.0722. The van der Waals surface area contributed by atoms with Crippen LogP contribution in [0.1, 0.15) is 6.23 Å². The van der Waals surface area contributed by atoms with Crippen LogP contribution in [-0.2, 0) is 27.2 Å². The van der Waals surface area contributed by atoms with Gasteiger partial charge in [0, 0.05) is 6.20 Å². The van der Waals surface area contributed by atoms with Gasteiger partial charge in [-0.1, -0.05) is 0 Å². The molecule has 0 amide bonds. The fourth-order valence-corrected chi connectivity index (χ4v) is 4.51. The molecule has 2 rings (SSSR count). The predicted octanol–water partition coefficient (Wildman–Crippen LogP) is -2.27. The minimum Gasteiger partial charge on any atom is -0.756 e. The molecule has 15 nitrogen and oxygen atoms in total. The van der Waals surface area contributed by atoms with E-state index in [1.807, 2.05) is 0 Å². The third-order valence-electron chi connectivity index (χ3n) is 3.67. The summed E-state index contributed by atoms with van der Waals surface area (Å²) in [5.41, 5.74) is 4.51. The van der Waals surface area contributed by atoms with Crippen molar-refractivity contribution in [3.63, 3.8) is 0 Å². The molecule has 5 N–H and O–H groups in total. The van der Waals surface area contributed by atoms with E-state index in [2.05, 4.69) is 18.3 Å². The van der Waals surface area contributed by atoms with Crippen molar-refractivity contribution in [2.45, 2.75) is 24.5 Å². The second-order valence-corrected chi connectivity index (χ2v) is 10.4. The lowest BCUT2D eigenvalue weighted by atomic mass is 10.1. The Hall–Kier alpha value is -1.22. The van der Waals surface area contributed by atoms with Crippen molar-refractivity contribution >= 4 is 21.5 Å². The molecule has 1 aromatic rings. The Morgan fingerprint density at radius 1 is 1.30 bits per heavy atom. The molecule has 30 heavy (non-hydrogen) atoms. The molecule has 6 atom stereocenters. The third-order valence-corrected chi connectivity index (χ3v) is 6.20. The fraction of sp³-hybridized carbons (Fsp3) is 0.692. The zero-order valence-electron chi connectivity index (χ0n) is 16.3. The SMILES string of the molecule is C[N+](C)(C)COP(=O)([O-])OP(=O)(O)OC[C@@H]1O[C@@H](n2ccc(N)nc2=O)[C@@H](O)[C@H]1O. The van der Waals surface area contributed by atoms with E-state index in [0.29, 0.717) is 0 Å². The summed E-state index contributed by atoms with van der Waals surface area (Å²) in [6, 6.07) is 1.26. The van der Waals surface area contributed by atoms with Crippen molar-refractivity contribution in [3.05, 3.63) is 22.7 Å². The molecule has 2 unspecified atom stereocenters. The Bertz CT molecular complexity index is 904. The normalized spacial score (nSPS) is 28.8.